The molecule has 0 bridgehead atoms. The third kappa shape index (κ3) is 8.18. The van der Waals surface area contributed by atoms with Gasteiger partial charge in [0.05, 0.1) is 19.3 Å². The smallest absolute Gasteiger partial charge is 0.0900 e. The minimum Gasteiger partial charge on any atom is -0.389 e. The van der Waals surface area contributed by atoms with Gasteiger partial charge in [0, 0.05) is 11.4 Å². The molecule has 2 rings (SSSR count). The molecule has 1 N–H and O–H groups in total. The zero-order valence-corrected chi connectivity index (χ0v) is 16.8. The molecule has 0 aromatic carbocycles. The van der Waals surface area contributed by atoms with Crippen molar-refractivity contribution in [3.63, 3.8) is 0 Å². The van der Waals surface area contributed by atoms with Gasteiger partial charge in [0.25, 0.3) is 0 Å². The fraction of sp³-hybridized carbons (Fsp3) is 0.800. The van der Waals surface area contributed by atoms with Crippen molar-refractivity contribution in [3.05, 3.63) is 22.4 Å². The van der Waals surface area contributed by atoms with Crippen LogP contribution in [0.25, 0.3) is 0 Å². The lowest BCUT2D eigenvalue weighted by molar-refractivity contribution is 0.00487. The first-order valence-electron chi connectivity index (χ1n) is 9.94. The van der Waals surface area contributed by atoms with Crippen LogP contribution in [0.15, 0.2) is 17.5 Å². The first kappa shape index (κ1) is 20.8. The fourth-order valence-electron chi connectivity index (χ4n) is 3.64. The van der Waals surface area contributed by atoms with Crippen LogP contribution in [-0.2, 0) is 11.3 Å². The van der Waals surface area contributed by atoms with Crippen molar-refractivity contribution in [2.24, 2.45) is 5.92 Å². The molecule has 1 aromatic heterocycles. The van der Waals surface area contributed by atoms with Crippen LogP contribution in [-0.4, -0.2) is 66.9 Å². The van der Waals surface area contributed by atoms with Gasteiger partial charge in [-0.05, 0) is 75.8 Å². The highest BCUT2D eigenvalue weighted by atomic mass is 32.1. The Bertz CT molecular complexity index is 429. The molecule has 1 unspecified atom stereocenters. The van der Waals surface area contributed by atoms with E-state index in [4.69, 9.17) is 4.74 Å². The van der Waals surface area contributed by atoms with Gasteiger partial charge in [0.2, 0.25) is 0 Å². The molecular weight excluding hydrogens is 332 g/mol. The van der Waals surface area contributed by atoms with Crippen molar-refractivity contribution >= 4 is 11.3 Å². The SMILES string of the molecule is CCN(CC)CCCC1CCN(CC(O)COCc2cccs2)CC1. The number of hydrogen-bond acceptors (Lipinski definition) is 5. The van der Waals surface area contributed by atoms with Gasteiger partial charge < -0.3 is 19.6 Å². The van der Waals surface area contributed by atoms with Crippen LogP contribution < -0.4 is 0 Å². The molecule has 0 saturated carbocycles. The Morgan fingerprint density at radius 1 is 1.32 bits per heavy atom. The van der Waals surface area contributed by atoms with E-state index in [2.05, 4.69) is 35.1 Å². The second-order valence-corrected chi connectivity index (χ2v) is 8.19. The number of hydrogen-bond donors (Lipinski definition) is 1. The minimum absolute atomic E-state index is 0.376. The Hall–Kier alpha value is -0.460. The number of aliphatic hydroxyl groups excluding tert-OH is 1. The lowest BCUT2D eigenvalue weighted by Gasteiger charge is -2.33. The van der Waals surface area contributed by atoms with E-state index in [1.165, 1.54) is 50.2 Å². The van der Waals surface area contributed by atoms with Crippen LogP contribution in [0.5, 0.6) is 0 Å². The largest absolute Gasteiger partial charge is 0.389 e. The average Bonchev–Trinajstić information content (AvgIpc) is 3.13. The Morgan fingerprint density at radius 3 is 2.72 bits per heavy atom. The summed E-state index contributed by atoms with van der Waals surface area (Å²) in [4.78, 5) is 6.14. The van der Waals surface area contributed by atoms with Crippen molar-refractivity contribution in [2.75, 3.05) is 45.9 Å². The van der Waals surface area contributed by atoms with Gasteiger partial charge in [0.15, 0.2) is 0 Å². The van der Waals surface area contributed by atoms with E-state index in [1.54, 1.807) is 11.3 Å². The van der Waals surface area contributed by atoms with Gasteiger partial charge in [-0.15, -0.1) is 11.3 Å². The van der Waals surface area contributed by atoms with Crippen LogP contribution >= 0.6 is 11.3 Å². The third-order valence-corrected chi connectivity index (χ3v) is 6.14. The van der Waals surface area contributed by atoms with E-state index in [1.807, 2.05) is 6.07 Å². The number of β-amino-alcohol motifs (C(OH)–C–C–N with tert-alkyl or cyclic N) is 1. The van der Waals surface area contributed by atoms with Crippen LogP contribution in [0.3, 0.4) is 0 Å². The maximum Gasteiger partial charge on any atom is 0.0900 e. The normalized spacial score (nSPS) is 18.1. The van der Waals surface area contributed by atoms with E-state index in [0.717, 1.165) is 25.6 Å². The first-order chi connectivity index (χ1) is 12.2. The molecule has 0 spiro atoms. The quantitative estimate of drug-likeness (QED) is 0.613. The average molecular weight is 369 g/mol. The van der Waals surface area contributed by atoms with E-state index in [0.29, 0.717) is 13.2 Å². The topological polar surface area (TPSA) is 35.9 Å². The molecule has 1 fully saturated rings. The summed E-state index contributed by atoms with van der Waals surface area (Å²) in [5.74, 6) is 0.874. The molecule has 1 aliphatic heterocycles. The molecule has 4 nitrogen and oxygen atoms in total. The maximum atomic E-state index is 10.2. The second kappa shape index (κ2) is 12.0. The Morgan fingerprint density at radius 2 is 2.08 bits per heavy atom. The molecule has 0 amide bonds. The Labute approximate surface area is 157 Å². The Kier molecular flexibility index (Phi) is 10.0. The van der Waals surface area contributed by atoms with Gasteiger partial charge in [0.1, 0.15) is 0 Å². The van der Waals surface area contributed by atoms with Gasteiger partial charge >= 0.3 is 0 Å². The molecular formula is C20H36N2O2S. The van der Waals surface area contributed by atoms with Gasteiger partial charge in [-0.1, -0.05) is 19.9 Å². The zero-order chi connectivity index (χ0) is 17.9. The number of ether oxygens (including phenoxy) is 1. The van der Waals surface area contributed by atoms with Gasteiger partial charge in [-0.25, -0.2) is 0 Å². The van der Waals surface area contributed by atoms with Crippen LogP contribution in [0.4, 0.5) is 0 Å². The monoisotopic (exact) mass is 368 g/mol. The second-order valence-electron chi connectivity index (χ2n) is 7.16. The highest BCUT2D eigenvalue weighted by Crippen LogP contribution is 2.22. The minimum atomic E-state index is -0.376. The summed E-state index contributed by atoms with van der Waals surface area (Å²) in [6, 6.07) is 4.11. The summed E-state index contributed by atoms with van der Waals surface area (Å²) in [6.45, 7) is 12.1. The van der Waals surface area contributed by atoms with Crippen molar-refractivity contribution < 1.29 is 9.84 Å². The lowest BCUT2D eigenvalue weighted by atomic mass is 9.92. The number of rotatable bonds is 12. The summed E-state index contributed by atoms with van der Waals surface area (Å²) in [5.41, 5.74) is 0. The van der Waals surface area contributed by atoms with E-state index in [-0.39, 0.29) is 6.10 Å². The van der Waals surface area contributed by atoms with Crippen LogP contribution in [0.2, 0.25) is 0 Å². The fourth-order valence-corrected chi connectivity index (χ4v) is 4.28. The summed E-state index contributed by atoms with van der Waals surface area (Å²) in [7, 11) is 0. The molecule has 1 aromatic rings. The number of piperidine rings is 1. The summed E-state index contributed by atoms with van der Waals surface area (Å²) in [6.07, 6.45) is 4.86. The van der Waals surface area contributed by atoms with Crippen LogP contribution in [0, 0.1) is 5.92 Å². The Balaban J connectivity index is 1.52. The standard InChI is InChI=1S/C20H36N2O2S/c1-3-21(4-2)11-5-7-18-9-12-22(13-10-18)15-19(23)16-24-17-20-8-6-14-25-20/h6,8,14,18-19,23H,3-5,7,9-13,15-17H2,1-2H3. The number of nitrogens with zero attached hydrogens (tertiary/aromatic N) is 2. The van der Waals surface area contributed by atoms with Crippen molar-refractivity contribution in [1.29, 1.82) is 0 Å². The van der Waals surface area contributed by atoms with Gasteiger partial charge in [-0.2, -0.15) is 0 Å². The molecule has 2 heterocycles. The number of aliphatic hydroxyl groups is 1. The predicted octanol–water partition coefficient (Wildman–Crippen LogP) is 3.46. The van der Waals surface area contributed by atoms with Crippen molar-refractivity contribution in [1.82, 2.24) is 9.80 Å². The van der Waals surface area contributed by atoms with E-state index in [9.17, 15) is 5.11 Å². The van der Waals surface area contributed by atoms with Gasteiger partial charge in [-0.3, -0.25) is 0 Å². The summed E-state index contributed by atoms with van der Waals surface area (Å²) < 4.78 is 5.63. The molecule has 25 heavy (non-hydrogen) atoms. The predicted molar refractivity (Wildman–Crippen MR) is 106 cm³/mol. The maximum absolute atomic E-state index is 10.2. The molecule has 1 saturated heterocycles. The molecule has 5 heteroatoms. The van der Waals surface area contributed by atoms with E-state index >= 15 is 0 Å². The summed E-state index contributed by atoms with van der Waals surface area (Å²) >= 11 is 1.70. The molecule has 1 aliphatic rings. The van der Waals surface area contributed by atoms with E-state index < -0.39 is 0 Å². The number of thiophene rings is 1. The van der Waals surface area contributed by atoms with Crippen molar-refractivity contribution in [3.8, 4) is 0 Å². The third-order valence-electron chi connectivity index (χ3n) is 5.29. The molecule has 0 radical (unpaired) electrons. The van der Waals surface area contributed by atoms with Crippen LogP contribution in [0.1, 0.15) is 44.4 Å². The van der Waals surface area contributed by atoms with Crippen molar-refractivity contribution in [2.45, 2.75) is 52.2 Å². The molecule has 144 valence electrons. The highest BCUT2D eigenvalue weighted by Gasteiger charge is 2.21. The molecule has 0 aliphatic carbocycles. The molecule has 1 atom stereocenters. The first-order valence-corrected chi connectivity index (χ1v) is 10.8. The number of likely N-dealkylation sites (tertiary alicyclic amines) is 1. The highest BCUT2D eigenvalue weighted by molar-refractivity contribution is 7.09. The summed E-state index contributed by atoms with van der Waals surface area (Å²) in [5, 5.41) is 12.2. The zero-order valence-electron chi connectivity index (χ0n) is 16.0. The lowest BCUT2D eigenvalue weighted by Crippen LogP contribution is -2.40.